The number of anilines is 1. The van der Waals surface area contributed by atoms with Crippen molar-refractivity contribution < 1.29 is 13.2 Å². The smallest absolute Gasteiger partial charge is 0.177 e. The first-order valence-corrected chi connectivity index (χ1v) is 12.6. The molecule has 0 aliphatic carbocycles. The molecule has 0 amide bonds. The number of nitrogens with zero attached hydrogens (tertiary/aromatic N) is 3. The maximum Gasteiger partial charge on any atom is 0.177 e. The second kappa shape index (κ2) is 8.75. The van der Waals surface area contributed by atoms with Crippen molar-refractivity contribution in [1.29, 1.82) is 0 Å². The van der Waals surface area contributed by atoms with Crippen LogP contribution in [0.25, 0.3) is 10.6 Å². The molecule has 0 atom stereocenters. The van der Waals surface area contributed by atoms with E-state index >= 15 is 0 Å². The highest BCUT2D eigenvalue weighted by molar-refractivity contribution is 7.90. The molecule has 8 heteroatoms. The van der Waals surface area contributed by atoms with Crippen LogP contribution in [0.2, 0.25) is 0 Å². The maximum absolute atomic E-state index is 12.1. The minimum atomic E-state index is -3.24. The van der Waals surface area contributed by atoms with E-state index in [1.165, 1.54) is 6.26 Å². The number of methoxy groups -OCH3 is 1. The lowest BCUT2D eigenvalue weighted by Crippen LogP contribution is -2.46. The van der Waals surface area contributed by atoms with Gasteiger partial charge in [-0.1, -0.05) is 12.1 Å². The summed E-state index contributed by atoms with van der Waals surface area (Å²) in [6.45, 7) is 4.12. The van der Waals surface area contributed by atoms with Gasteiger partial charge >= 0.3 is 0 Å². The number of aromatic nitrogens is 1. The van der Waals surface area contributed by atoms with Gasteiger partial charge in [0.25, 0.3) is 0 Å². The largest absolute Gasteiger partial charge is 0.497 e. The molecule has 2 heterocycles. The van der Waals surface area contributed by atoms with Crippen molar-refractivity contribution in [3.63, 3.8) is 0 Å². The zero-order valence-electron chi connectivity index (χ0n) is 17.1. The SMILES string of the molecule is COc1ccc(-c2nc(CN3CCN(c4ccccc4S(C)(=O)=O)CC3)cs2)cc1. The fourth-order valence-electron chi connectivity index (χ4n) is 3.65. The van der Waals surface area contributed by atoms with Crippen molar-refractivity contribution in [2.75, 3.05) is 44.4 Å². The van der Waals surface area contributed by atoms with Crippen LogP contribution in [0.4, 0.5) is 5.69 Å². The lowest BCUT2D eigenvalue weighted by atomic mass is 10.2. The van der Waals surface area contributed by atoms with Crippen molar-refractivity contribution in [2.45, 2.75) is 11.4 Å². The number of piperazine rings is 1. The second-order valence-electron chi connectivity index (χ2n) is 7.38. The molecule has 3 aromatic rings. The third-order valence-corrected chi connectivity index (χ3v) is 7.34. The number of ether oxygens (including phenoxy) is 1. The number of benzene rings is 2. The van der Waals surface area contributed by atoms with Gasteiger partial charge in [0.2, 0.25) is 0 Å². The van der Waals surface area contributed by atoms with Gasteiger partial charge < -0.3 is 9.64 Å². The summed E-state index contributed by atoms with van der Waals surface area (Å²) in [5.74, 6) is 0.839. The number of thiazole rings is 1. The van der Waals surface area contributed by atoms with E-state index in [1.807, 2.05) is 36.4 Å². The monoisotopic (exact) mass is 443 g/mol. The molecule has 1 aromatic heterocycles. The molecule has 2 aromatic carbocycles. The molecular formula is C22H25N3O3S2. The first-order valence-electron chi connectivity index (χ1n) is 9.79. The molecule has 0 spiro atoms. The van der Waals surface area contributed by atoms with Crippen LogP contribution in [-0.4, -0.2) is 57.8 Å². The summed E-state index contributed by atoms with van der Waals surface area (Å²) in [4.78, 5) is 9.73. The normalized spacial score (nSPS) is 15.3. The van der Waals surface area contributed by atoms with Gasteiger partial charge in [-0.15, -0.1) is 11.3 Å². The number of hydrogen-bond donors (Lipinski definition) is 0. The fraction of sp³-hybridized carbons (Fsp3) is 0.318. The summed E-state index contributed by atoms with van der Waals surface area (Å²) >= 11 is 1.65. The minimum absolute atomic E-state index is 0.405. The standard InChI is InChI=1S/C22H25N3O3S2/c1-28-19-9-7-17(8-10-19)22-23-18(16-29-22)15-24-11-13-25(14-12-24)20-5-3-4-6-21(20)30(2,26)27/h3-10,16H,11-15H2,1-2H3. The van der Waals surface area contributed by atoms with Gasteiger partial charge in [-0.2, -0.15) is 0 Å². The Morgan fingerprint density at radius 2 is 1.73 bits per heavy atom. The Balaban J connectivity index is 1.38. The molecule has 0 saturated carbocycles. The van der Waals surface area contributed by atoms with Gasteiger partial charge in [-0.05, 0) is 36.4 Å². The molecule has 0 radical (unpaired) electrons. The Bertz CT molecular complexity index is 1100. The molecule has 6 nitrogen and oxygen atoms in total. The van der Waals surface area contributed by atoms with E-state index in [0.717, 1.165) is 60.4 Å². The first-order chi connectivity index (χ1) is 14.4. The summed E-state index contributed by atoms with van der Waals surface area (Å²) in [6, 6.07) is 15.2. The van der Waals surface area contributed by atoms with Crippen molar-refractivity contribution in [3.8, 4) is 16.3 Å². The van der Waals surface area contributed by atoms with E-state index in [4.69, 9.17) is 9.72 Å². The van der Waals surface area contributed by atoms with Crippen LogP contribution in [0.3, 0.4) is 0 Å². The molecule has 1 aliphatic rings. The molecule has 158 valence electrons. The van der Waals surface area contributed by atoms with Crippen LogP contribution < -0.4 is 9.64 Å². The highest BCUT2D eigenvalue weighted by Gasteiger charge is 2.22. The van der Waals surface area contributed by atoms with Gasteiger partial charge in [0, 0.05) is 49.9 Å². The lowest BCUT2D eigenvalue weighted by Gasteiger charge is -2.36. The molecule has 0 unspecified atom stereocenters. The van der Waals surface area contributed by atoms with Crippen LogP contribution in [0.15, 0.2) is 58.8 Å². The number of rotatable bonds is 6. The summed E-state index contributed by atoms with van der Waals surface area (Å²) in [5.41, 5.74) is 2.96. The topological polar surface area (TPSA) is 62.7 Å². The highest BCUT2D eigenvalue weighted by atomic mass is 32.2. The molecule has 30 heavy (non-hydrogen) atoms. The Hall–Kier alpha value is -2.42. The lowest BCUT2D eigenvalue weighted by molar-refractivity contribution is 0.247. The third kappa shape index (κ3) is 4.66. The zero-order valence-corrected chi connectivity index (χ0v) is 18.7. The molecule has 1 saturated heterocycles. The van der Waals surface area contributed by atoms with E-state index in [2.05, 4.69) is 15.2 Å². The van der Waals surface area contributed by atoms with Crippen LogP contribution in [-0.2, 0) is 16.4 Å². The summed E-state index contributed by atoms with van der Waals surface area (Å²) in [6.07, 6.45) is 1.27. The van der Waals surface area contributed by atoms with Crippen molar-refractivity contribution in [2.24, 2.45) is 0 Å². The van der Waals surface area contributed by atoms with E-state index < -0.39 is 9.84 Å². The minimum Gasteiger partial charge on any atom is -0.497 e. The zero-order chi connectivity index (χ0) is 21.1. The fourth-order valence-corrected chi connectivity index (χ4v) is 5.37. The molecule has 0 N–H and O–H groups in total. The third-order valence-electron chi connectivity index (χ3n) is 5.25. The van der Waals surface area contributed by atoms with Crippen molar-refractivity contribution in [1.82, 2.24) is 9.88 Å². The Kier molecular flexibility index (Phi) is 6.08. The van der Waals surface area contributed by atoms with E-state index in [0.29, 0.717) is 4.90 Å². The van der Waals surface area contributed by atoms with Crippen molar-refractivity contribution in [3.05, 3.63) is 59.6 Å². The molecule has 0 bridgehead atoms. The Morgan fingerprint density at radius 3 is 2.40 bits per heavy atom. The van der Waals surface area contributed by atoms with E-state index in [1.54, 1.807) is 30.6 Å². The van der Waals surface area contributed by atoms with Gasteiger partial charge in [0.15, 0.2) is 9.84 Å². The Labute approximate surface area is 181 Å². The van der Waals surface area contributed by atoms with Gasteiger partial charge in [-0.25, -0.2) is 13.4 Å². The average molecular weight is 444 g/mol. The van der Waals surface area contributed by atoms with Crippen LogP contribution in [0.1, 0.15) is 5.69 Å². The number of sulfone groups is 1. The maximum atomic E-state index is 12.1. The molecular weight excluding hydrogens is 418 g/mol. The Morgan fingerprint density at radius 1 is 1.03 bits per heavy atom. The van der Waals surface area contributed by atoms with Gasteiger partial charge in [-0.3, -0.25) is 4.90 Å². The highest BCUT2D eigenvalue weighted by Crippen LogP contribution is 2.28. The number of hydrogen-bond acceptors (Lipinski definition) is 7. The first kappa shape index (κ1) is 20.8. The van der Waals surface area contributed by atoms with Crippen LogP contribution in [0.5, 0.6) is 5.75 Å². The molecule has 1 fully saturated rings. The van der Waals surface area contributed by atoms with Gasteiger partial charge in [0.1, 0.15) is 10.8 Å². The van der Waals surface area contributed by atoms with Gasteiger partial charge in [0.05, 0.1) is 23.4 Å². The second-order valence-corrected chi connectivity index (χ2v) is 10.2. The van der Waals surface area contributed by atoms with E-state index in [-0.39, 0.29) is 0 Å². The van der Waals surface area contributed by atoms with E-state index in [9.17, 15) is 8.42 Å². The summed E-state index contributed by atoms with van der Waals surface area (Å²) in [7, 11) is -1.58. The summed E-state index contributed by atoms with van der Waals surface area (Å²) in [5, 5.41) is 3.12. The van der Waals surface area contributed by atoms with Crippen molar-refractivity contribution >= 4 is 26.9 Å². The number of para-hydroxylation sites is 1. The van der Waals surface area contributed by atoms with Crippen LogP contribution in [0, 0.1) is 0 Å². The average Bonchev–Trinajstić information content (AvgIpc) is 3.22. The predicted molar refractivity (Wildman–Crippen MR) is 121 cm³/mol. The molecule has 1 aliphatic heterocycles. The quantitative estimate of drug-likeness (QED) is 0.581. The summed E-state index contributed by atoms with van der Waals surface area (Å²) < 4.78 is 29.4. The predicted octanol–water partition coefficient (Wildman–Crippen LogP) is 3.54. The van der Waals surface area contributed by atoms with Crippen LogP contribution >= 0.6 is 11.3 Å². The molecule has 4 rings (SSSR count).